The van der Waals surface area contributed by atoms with E-state index >= 15 is 0 Å². The average Bonchev–Trinajstić information content (AvgIpc) is 3.75. The third kappa shape index (κ3) is 11.5. The second-order valence-electron chi connectivity index (χ2n) is 17.1. The number of Topliss-reactive ketones (excluding diaryl/α,β-unsaturated/α-hetero) is 1. The first-order chi connectivity index (χ1) is 30.4. The number of thioether (sulfide) groups is 1. The Hall–Kier alpha value is -6.03. The second-order valence-corrected chi connectivity index (χ2v) is 18.6. The lowest BCUT2D eigenvalue weighted by atomic mass is 9.84. The molecule has 1 saturated heterocycles. The molecule has 6 aromatic carbocycles. The maximum Gasteiger partial charge on any atom is 0.349 e. The molecule has 1 unspecified atom stereocenters. The van der Waals surface area contributed by atoms with E-state index < -0.39 is 40.4 Å². The summed E-state index contributed by atoms with van der Waals surface area (Å²) in [5, 5.41) is 6.60. The minimum Gasteiger partial charge on any atom is -0.477 e. The predicted molar refractivity (Wildman–Crippen MR) is 250 cm³/mol. The Morgan fingerprint density at radius 2 is 1.29 bits per heavy atom. The van der Waals surface area contributed by atoms with Crippen LogP contribution in [-0.4, -0.2) is 53.2 Å². The Labute approximate surface area is 374 Å². The molecular weight excluding hydrogens is 808 g/mol. The van der Waals surface area contributed by atoms with Gasteiger partial charge in [0.2, 0.25) is 6.10 Å². The summed E-state index contributed by atoms with van der Waals surface area (Å²) in [6, 6.07) is 51.4. The van der Waals surface area contributed by atoms with E-state index in [1.165, 1.54) is 12.1 Å². The van der Waals surface area contributed by atoms with Gasteiger partial charge < -0.3 is 20.1 Å². The predicted octanol–water partition coefficient (Wildman–Crippen LogP) is 10.1. The zero-order chi connectivity index (χ0) is 44.4. The van der Waals surface area contributed by atoms with Crippen LogP contribution in [0.5, 0.6) is 5.75 Å². The lowest BCUT2D eigenvalue weighted by Crippen LogP contribution is -2.47. The van der Waals surface area contributed by atoms with Crippen LogP contribution in [0.1, 0.15) is 77.9 Å². The molecule has 1 aliphatic rings. The van der Waals surface area contributed by atoms with Crippen LogP contribution in [0.15, 0.2) is 164 Å². The number of carbonyl (C=O) groups is 3. The van der Waals surface area contributed by atoms with Gasteiger partial charge in [-0.05, 0) is 105 Å². The molecule has 1 aliphatic heterocycles. The summed E-state index contributed by atoms with van der Waals surface area (Å²) in [6.07, 6.45) is 0.725. The fourth-order valence-electron chi connectivity index (χ4n) is 8.12. The Balaban J connectivity index is 1.18. The SMILES string of the molecule is C[C@H](NC(=O)c1cc(OC(C(=O)OC(C)(C)C)[C@@H]2C[C@H](SC(c3ccccc3)(c3ccccc3)c3ccccc3)CN2)ccc1CCc1ccc(F)cc1)C(=O)Cc1ccccc1. The molecule has 0 spiro atoms. The number of amides is 1. The van der Waals surface area contributed by atoms with Crippen molar-refractivity contribution in [1.29, 1.82) is 0 Å². The van der Waals surface area contributed by atoms with Crippen molar-refractivity contribution < 1.29 is 28.2 Å². The van der Waals surface area contributed by atoms with Crippen LogP contribution in [0.3, 0.4) is 0 Å². The molecule has 0 radical (unpaired) electrons. The van der Waals surface area contributed by atoms with E-state index in [1.54, 1.807) is 31.2 Å². The third-order valence-electron chi connectivity index (χ3n) is 11.3. The molecule has 9 heteroatoms. The zero-order valence-corrected chi connectivity index (χ0v) is 37.1. The van der Waals surface area contributed by atoms with Gasteiger partial charge in [0, 0.05) is 23.8 Å². The summed E-state index contributed by atoms with van der Waals surface area (Å²) in [5.74, 6) is -1.09. The molecular formula is C54H55FN2O5S. The minimum absolute atomic E-state index is 0.0502. The number of aryl methyl sites for hydroxylation is 2. The van der Waals surface area contributed by atoms with Crippen molar-refractivity contribution in [2.24, 2.45) is 0 Å². The number of halogens is 1. The molecule has 0 aromatic heterocycles. The molecule has 324 valence electrons. The van der Waals surface area contributed by atoms with Crippen molar-refractivity contribution in [3.63, 3.8) is 0 Å². The number of hydrogen-bond donors (Lipinski definition) is 2. The van der Waals surface area contributed by atoms with E-state index in [4.69, 9.17) is 9.47 Å². The van der Waals surface area contributed by atoms with Crippen molar-refractivity contribution >= 4 is 29.4 Å². The molecule has 6 aromatic rings. The van der Waals surface area contributed by atoms with Gasteiger partial charge in [-0.2, -0.15) is 0 Å². The maximum absolute atomic E-state index is 14.2. The molecule has 0 bridgehead atoms. The lowest BCUT2D eigenvalue weighted by molar-refractivity contribution is -0.164. The summed E-state index contributed by atoms with van der Waals surface area (Å²) >= 11 is 1.86. The number of hydrogen-bond acceptors (Lipinski definition) is 7. The number of carbonyl (C=O) groups excluding carboxylic acids is 3. The lowest BCUT2D eigenvalue weighted by Gasteiger charge is -2.37. The van der Waals surface area contributed by atoms with Gasteiger partial charge in [-0.25, -0.2) is 9.18 Å². The highest BCUT2D eigenvalue weighted by molar-refractivity contribution is 8.01. The van der Waals surface area contributed by atoms with Gasteiger partial charge in [-0.1, -0.05) is 140 Å². The summed E-state index contributed by atoms with van der Waals surface area (Å²) in [5.41, 5.74) is 5.48. The summed E-state index contributed by atoms with van der Waals surface area (Å²) in [7, 11) is 0. The molecule has 1 amide bonds. The highest BCUT2D eigenvalue weighted by Crippen LogP contribution is 2.51. The first kappa shape index (κ1) is 45.0. The maximum atomic E-state index is 14.2. The summed E-state index contributed by atoms with van der Waals surface area (Å²) in [6.45, 7) is 7.78. The first-order valence-corrected chi connectivity index (χ1v) is 22.5. The normalized spacial score (nSPS) is 16.1. The zero-order valence-electron chi connectivity index (χ0n) is 36.3. The molecule has 7 nitrogen and oxygen atoms in total. The molecule has 0 saturated carbocycles. The second kappa shape index (κ2) is 20.4. The molecule has 63 heavy (non-hydrogen) atoms. The third-order valence-corrected chi connectivity index (χ3v) is 13.0. The van der Waals surface area contributed by atoms with E-state index in [0.717, 1.165) is 33.4 Å². The van der Waals surface area contributed by atoms with Gasteiger partial charge in [0.25, 0.3) is 5.91 Å². The summed E-state index contributed by atoms with van der Waals surface area (Å²) in [4.78, 5) is 41.6. The molecule has 1 heterocycles. The van der Waals surface area contributed by atoms with Crippen LogP contribution in [0.4, 0.5) is 4.39 Å². The minimum atomic E-state index is -1.05. The standard InChI is InChI=1S/C54H55FN2O5S/c1-37(49(58)33-39-17-9-5-10-18-39)57-51(59)47-34-45(32-29-40(47)28-25-38-26-30-44(55)31-27-38)61-50(52(60)62-53(2,3)4)48-35-46(36-56-48)63-54(41-19-11-6-12-20-41,42-21-13-7-14-22-42)43-23-15-8-16-24-43/h5-24,26-27,29-32,34,37,46,48,50,56H,25,28,33,35-36H2,1-4H3,(H,57,59)/t37-,46-,48-,50?/m0/s1. The number of esters is 1. The van der Waals surface area contributed by atoms with E-state index in [2.05, 4.69) is 83.4 Å². The fourth-order valence-corrected chi connectivity index (χ4v) is 9.92. The van der Waals surface area contributed by atoms with Crippen LogP contribution < -0.4 is 15.4 Å². The monoisotopic (exact) mass is 862 g/mol. The van der Waals surface area contributed by atoms with Gasteiger partial charge in [0.15, 0.2) is 5.78 Å². The average molecular weight is 863 g/mol. The van der Waals surface area contributed by atoms with Crippen LogP contribution in [0.25, 0.3) is 0 Å². The molecule has 7 rings (SSSR count). The van der Waals surface area contributed by atoms with E-state index in [0.29, 0.717) is 37.1 Å². The quantitative estimate of drug-likeness (QED) is 0.0697. The Morgan fingerprint density at radius 1 is 0.730 bits per heavy atom. The van der Waals surface area contributed by atoms with Crippen molar-refractivity contribution in [1.82, 2.24) is 10.6 Å². The van der Waals surface area contributed by atoms with Crippen molar-refractivity contribution in [2.75, 3.05) is 6.54 Å². The highest BCUT2D eigenvalue weighted by Gasteiger charge is 2.45. The Bertz CT molecular complexity index is 2350. The fraction of sp³-hybridized carbons (Fsp3) is 0.278. The van der Waals surface area contributed by atoms with Gasteiger partial charge in [-0.15, -0.1) is 11.8 Å². The van der Waals surface area contributed by atoms with E-state index in [9.17, 15) is 18.8 Å². The molecule has 1 fully saturated rings. The van der Waals surface area contributed by atoms with Crippen molar-refractivity contribution in [2.45, 2.75) is 87.2 Å². The number of rotatable bonds is 17. The van der Waals surface area contributed by atoms with Gasteiger partial charge in [0.1, 0.15) is 17.2 Å². The van der Waals surface area contributed by atoms with Gasteiger partial charge in [0.05, 0.1) is 16.8 Å². The molecule has 2 N–H and O–H groups in total. The Morgan fingerprint density at radius 3 is 1.84 bits per heavy atom. The van der Waals surface area contributed by atoms with Crippen LogP contribution in [0.2, 0.25) is 0 Å². The van der Waals surface area contributed by atoms with Crippen molar-refractivity contribution in [3.8, 4) is 5.75 Å². The smallest absolute Gasteiger partial charge is 0.349 e. The number of nitrogens with one attached hydrogen (secondary N) is 2. The van der Waals surface area contributed by atoms with E-state index in [1.807, 2.05) is 87.1 Å². The Kier molecular flexibility index (Phi) is 14.6. The van der Waals surface area contributed by atoms with Crippen LogP contribution in [-0.2, 0) is 38.3 Å². The van der Waals surface area contributed by atoms with Gasteiger partial charge in [-0.3, -0.25) is 9.59 Å². The van der Waals surface area contributed by atoms with E-state index in [-0.39, 0.29) is 23.3 Å². The van der Waals surface area contributed by atoms with Crippen molar-refractivity contribution in [3.05, 3.63) is 209 Å². The topological polar surface area (TPSA) is 93.7 Å². The van der Waals surface area contributed by atoms with Crippen LogP contribution >= 0.6 is 11.8 Å². The van der Waals surface area contributed by atoms with Gasteiger partial charge >= 0.3 is 5.97 Å². The first-order valence-electron chi connectivity index (χ1n) is 21.6. The van der Waals surface area contributed by atoms with Crippen LogP contribution in [0, 0.1) is 5.82 Å². The number of ketones is 1. The molecule has 0 aliphatic carbocycles. The number of benzene rings is 6. The molecule has 4 atom stereocenters. The summed E-state index contributed by atoms with van der Waals surface area (Å²) < 4.78 is 25.8. The largest absolute Gasteiger partial charge is 0.477 e. The number of ether oxygens (including phenoxy) is 2. The highest BCUT2D eigenvalue weighted by atomic mass is 32.2.